The van der Waals surface area contributed by atoms with Crippen molar-refractivity contribution in [2.24, 2.45) is 11.8 Å². The van der Waals surface area contributed by atoms with Gasteiger partial charge in [0, 0.05) is 0 Å². The van der Waals surface area contributed by atoms with Crippen molar-refractivity contribution in [3.05, 3.63) is 40.1 Å². The first-order valence-electron chi connectivity index (χ1n) is 8.56. The molecule has 0 heterocycles. The minimum absolute atomic E-state index is 0. The molecular weight excluding hydrogens is 502 g/mol. The molecule has 0 aromatic carbocycles. The second-order valence-electron chi connectivity index (χ2n) is 7.51. The van der Waals surface area contributed by atoms with Crippen molar-refractivity contribution in [3.63, 3.8) is 0 Å². The summed E-state index contributed by atoms with van der Waals surface area (Å²) in [4.78, 5) is 0. The molecule has 0 nitrogen and oxygen atoms in total. The van der Waals surface area contributed by atoms with E-state index in [1.54, 1.807) is 36.7 Å². The normalized spacial score (nSPS) is 23.4. The van der Waals surface area contributed by atoms with E-state index in [-0.39, 0.29) is 24.8 Å². The summed E-state index contributed by atoms with van der Waals surface area (Å²) in [7, 11) is 0. The third-order valence-electron chi connectivity index (χ3n) is 6.32. The van der Waals surface area contributed by atoms with Crippen molar-refractivity contribution in [1.29, 1.82) is 0 Å². The van der Waals surface area contributed by atoms with Crippen LogP contribution in [0.3, 0.4) is 0 Å². The quantitative estimate of drug-likeness (QED) is 0.450. The molecule has 0 saturated carbocycles. The predicted octanol–water partition coefficient (Wildman–Crippen LogP) is 0.345. The monoisotopic (exact) mass is 534 g/mol. The van der Waals surface area contributed by atoms with Crippen LogP contribution >= 0.6 is 0 Å². The van der Waals surface area contributed by atoms with Gasteiger partial charge in [-0.05, 0) is 0 Å². The molecule has 0 saturated heterocycles. The fourth-order valence-corrected chi connectivity index (χ4v) is 17.8. The van der Waals surface area contributed by atoms with Crippen LogP contribution in [0, 0.1) is 11.8 Å². The van der Waals surface area contributed by atoms with E-state index in [0.717, 1.165) is 0 Å². The standard InChI is InChI=1S/2C9H13.C3H6.2ClH.Hf/c2*1-6-5-7(2)9(4)8(6)3;1-3-2;;;/h2*6H,1-4H3;1-2H3;2*1H;/q;;;;;+2/p-2. The van der Waals surface area contributed by atoms with E-state index in [0.29, 0.717) is 11.8 Å². The number of rotatable bonds is 2. The van der Waals surface area contributed by atoms with Crippen LogP contribution in [0.5, 0.6) is 0 Å². The minimum Gasteiger partial charge on any atom is -1.00 e. The summed E-state index contributed by atoms with van der Waals surface area (Å²) in [5.74, 6) is 1.34. The molecule has 0 radical (unpaired) electrons. The zero-order chi connectivity index (χ0) is 16.9. The summed E-state index contributed by atoms with van der Waals surface area (Å²) in [6, 6.07) is 0. The van der Waals surface area contributed by atoms with Crippen molar-refractivity contribution in [2.45, 2.75) is 69.2 Å². The maximum atomic E-state index is 2.45. The first-order chi connectivity index (χ1) is 10.1. The summed E-state index contributed by atoms with van der Waals surface area (Å²) in [5.41, 5.74) is 9.61. The minimum atomic E-state index is -2.12. The van der Waals surface area contributed by atoms with Gasteiger partial charge < -0.3 is 24.8 Å². The fraction of sp³-hybridized carbons (Fsp3) is 0.571. The van der Waals surface area contributed by atoms with Gasteiger partial charge in [-0.3, -0.25) is 0 Å². The maximum absolute atomic E-state index is 2.45. The van der Waals surface area contributed by atoms with Gasteiger partial charge in [0.2, 0.25) is 0 Å². The van der Waals surface area contributed by atoms with Gasteiger partial charge in [0.05, 0.1) is 0 Å². The largest absolute Gasteiger partial charge is 1.00 e. The number of hydrogen-bond donors (Lipinski definition) is 0. The molecule has 3 heteroatoms. The third-order valence-corrected chi connectivity index (χ3v) is 19.6. The average Bonchev–Trinajstić information content (AvgIpc) is 2.76. The molecule has 2 atom stereocenters. The molecule has 2 aliphatic rings. The van der Waals surface area contributed by atoms with Crippen LogP contribution in [0.2, 0.25) is 0 Å². The number of halogens is 2. The van der Waals surface area contributed by atoms with Crippen LogP contribution in [-0.2, 0) is 21.0 Å². The van der Waals surface area contributed by atoms with Gasteiger partial charge in [-0.15, -0.1) is 0 Å². The molecule has 2 rings (SSSR count). The Kier molecular flexibility index (Phi) is 8.88. The van der Waals surface area contributed by atoms with Gasteiger partial charge in [0.15, 0.2) is 0 Å². The van der Waals surface area contributed by atoms with Crippen molar-refractivity contribution < 1.29 is 45.8 Å². The van der Waals surface area contributed by atoms with Gasteiger partial charge in [0.1, 0.15) is 0 Å². The van der Waals surface area contributed by atoms with Crippen LogP contribution in [-0.4, -0.2) is 3.26 Å². The fourth-order valence-electron chi connectivity index (χ4n) is 4.22. The molecule has 0 aromatic heterocycles. The Morgan fingerprint density at radius 1 is 0.625 bits per heavy atom. The smallest absolute Gasteiger partial charge is 1.00 e. The zero-order valence-corrected chi connectivity index (χ0v) is 22.0. The van der Waals surface area contributed by atoms with E-state index in [2.05, 4.69) is 69.2 Å². The molecule has 2 aliphatic carbocycles. The second kappa shape index (κ2) is 8.78. The first kappa shape index (κ1) is 24.3. The second-order valence-corrected chi connectivity index (χ2v) is 17.7. The molecule has 0 bridgehead atoms. The van der Waals surface area contributed by atoms with Crippen molar-refractivity contribution in [1.82, 2.24) is 0 Å². The number of hydrogen-bond acceptors (Lipinski definition) is 0. The SMILES string of the molecule is CC1=C(C)C(C)[C]([Hf+2]([C]2=C(C)C(C)=C(C)C2C)=[C](C)C)=C1C.[Cl-].[Cl-]. The summed E-state index contributed by atoms with van der Waals surface area (Å²) in [5, 5.41) is 0. The molecule has 134 valence electrons. The van der Waals surface area contributed by atoms with E-state index in [1.165, 1.54) is 0 Å². The van der Waals surface area contributed by atoms with Crippen LogP contribution in [0.4, 0.5) is 0 Å². The Bertz CT molecular complexity index is 641. The van der Waals surface area contributed by atoms with Crippen LogP contribution in [0.1, 0.15) is 69.2 Å². The number of allylic oxidation sites excluding steroid dienone is 8. The topological polar surface area (TPSA) is 0 Å². The summed E-state index contributed by atoms with van der Waals surface area (Å²) < 4.78 is 5.48. The third kappa shape index (κ3) is 3.69. The molecule has 0 fully saturated rings. The Hall–Kier alpha value is 0.280. The Morgan fingerprint density at radius 3 is 1.08 bits per heavy atom. The van der Waals surface area contributed by atoms with E-state index in [1.807, 2.05) is 6.66 Å². The van der Waals surface area contributed by atoms with Crippen LogP contribution in [0.25, 0.3) is 0 Å². The van der Waals surface area contributed by atoms with Gasteiger partial charge >= 0.3 is 145 Å². The zero-order valence-electron chi connectivity index (χ0n) is 16.9. The van der Waals surface area contributed by atoms with E-state index in [9.17, 15) is 0 Å². The van der Waals surface area contributed by atoms with Gasteiger partial charge in [-0.25, -0.2) is 0 Å². The summed E-state index contributed by atoms with van der Waals surface area (Å²) in [6.45, 7) is 23.8. The van der Waals surface area contributed by atoms with E-state index < -0.39 is 21.0 Å². The average molecular weight is 534 g/mol. The Labute approximate surface area is 169 Å². The van der Waals surface area contributed by atoms with Crippen molar-refractivity contribution >= 4 is 3.26 Å². The summed E-state index contributed by atoms with van der Waals surface area (Å²) >= 11 is -2.12. The molecule has 2 unspecified atom stereocenters. The maximum Gasteiger partial charge on any atom is -1.00 e. The van der Waals surface area contributed by atoms with Gasteiger partial charge in [-0.2, -0.15) is 0 Å². The molecule has 0 N–H and O–H groups in total. The molecule has 0 aromatic rings. The Balaban J connectivity index is 0.00000264. The van der Waals surface area contributed by atoms with Crippen molar-refractivity contribution in [2.75, 3.05) is 0 Å². The van der Waals surface area contributed by atoms with Gasteiger partial charge in [0.25, 0.3) is 0 Å². The Morgan fingerprint density at radius 2 is 0.917 bits per heavy atom. The molecule has 24 heavy (non-hydrogen) atoms. The molecule has 0 aliphatic heterocycles. The van der Waals surface area contributed by atoms with Crippen LogP contribution < -0.4 is 24.8 Å². The van der Waals surface area contributed by atoms with E-state index in [4.69, 9.17) is 0 Å². The first-order valence-corrected chi connectivity index (χ1v) is 13.9. The molecular formula is C21H32Cl2Hf. The molecule has 0 spiro atoms. The predicted molar refractivity (Wildman–Crippen MR) is 96.8 cm³/mol. The summed E-state index contributed by atoms with van der Waals surface area (Å²) in [6.07, 6.45) is 0. The van der Waals surface area contributed by atoms with Crippen molar-refractivity contribution in [3.8, 4) is 0 Å². The van der Waals surface area contributed by atoms with E-state index >= 15 is 0 Å². The van der Waals surface area contributed by atoms with Crippen LogP contribution in [0.15, 0.2) is 40.1 Å². The van der Waals surface area contributed by atoms with Gasteiger partial charge in [-0.1, -0.05) is 0 Å². The molecule has 0 amide bonds.